The van der Waals surface area contributed by atoms with E-state index >= 15 is 0 Å². The summed E-state index contributed by atoms with van der Waals surface area (Å²) in [7, 11) is 1.43. The first-order valence-electron chi connectivity index (χ1n) is 10.5. The van der Waals surface area contributed by atoms with E-state index in [1.54, 1.807) is 11.4 Å². The number of aromatic nitrogens is 1. The van der Waals surface area contributed by atoms with Crippen molar-refractivity contribution < 1.29 is 18.4 Å². The number of amides is 2. The lowest BCUT2D eigenvalue weighted by atomic mass is 9.97. The number of carbonyl (C=O) groups excluding carboxylic acids is 2. The summed E-state index contributed by atoms with van der Waals surface area (Å²) in [4.78, 5) is 32.9. The van der Waals surface area contributed by atoms with E-state index in [0.717, 1.165) is 40.4 Å². The molecule has 1 saturated heterocycles. The zero-order valence-corrected chi connectivity index (χ0v) is 19.5. The molecule has 4 rings (SSSR count). The predicted octanol–water partition coefficient (Wildman–Crippen LogP) is 5.30. The van der Waals surface area contributed by atoms with Crippen LogP contribution in [0.4, 0.5) is 14.5 Å². The van der Waals surface area contributed by atoms with Crippen LogP contribution in [-0.2, 0) is 11.2 Å². The van der Waals surface area contributed by atoms with Crippen molar-refractivity contribution in [1.29, 1.82) is 0 Å². The molecule has 0 saturated carbocycles. The molecule has 9 heteroatoms. The summed E-state index contributed by atoms with van der Waals surface area (Å²) in [5.74, 6) is -1.79. The molecule has 1 aliphatic heterocycles. The van der Waals surface area contributed by atoms with E-state index in [1.807, 2.05) is 23.1 Å². The van der Waals surface area contributed by atoms with Crippen molar-refractivity contribution in [3.63, 3.8) is 0 Å². The van der Waals surface area contributed by atoms with Gasteiger partial charge < -0.3 is 9.80 Å². The summed E-state index contributed by atoms with van der Waals surface area (Å²) >= 11 is 7.55. The molecular weight excluding hydrogens is 468 g/mol. The van der Waals surface area contributed by atoms with Crippen LogP contribution in [0.5, 0.6) is 0 Å². The topological polar surface area (TPSA) is 53.5 Å². The number of anilines is 1. The maximum absolute atomic E-state index is 14.0. The van der Waals surface area contributed by atoms with Crippen LogP contribution in [0.25, 0.3) is 0 Å². The normalized spacial score (nSPS) is 14.4. The predicted molar refractivity (Wildman–Crippen MR) is 125 cm³/mol. The van der Waals surface area contributed by atoms with E-state index in [0.29, 0.717) is 18.1 Å². The van der Waals surface area contributed by atoms with Crippen LogP contribution >= 0.6 is 22.9 Å². The molecule has 1 aromatic heterocycles. The zero-order valence-electron chi connectivity index (χ0n) is 17.9. The monoisotopic (exact) mass is 489 g/mol. The summed E-state index contributed by atoms with van der Waals surface area (Å²) in [6.45, 7) is 1.22. The lowest BCUT2D eigenvalue weighted by Crippen LogP contribution is -2.38. The van der Waals surface area contributed by atoms with Crippen molar-refractivity contribution in [1.82, 2.24) is 9.88 Å². The molecule has 33 heavy (non-hydrogen) atoms. The fourth-order valence-corrected chi connectivity index (χ4v) is 5.07. The van der Waals surface area contributed by atoms with Crippen molar-refractivity contribution in [2.24, 2.45) is 0 Å². The number of piperidine rings is 1. The van der Waals surface area contributed by atoms with Crippen LogP contribution in [0, 0.1) is 11.6 Å². The van der Waals surface area contributed by atoms with Crippen molar-refractivity contribution in [3.05, 3.63) is 80.8 Å². The Morgan fingerprint density at radius 2 is 1.91 bits per heavy atom. The molecule has 2 amide bonds. The first kappa shape index (κ1) is 23.3. The van der Waals surface area contributed by atoms with Crippen LogP contribution in [0.15, 0.2) is 47.8 Å². The van der Waals surface area contributed by atoms with E-state index in [1.165, 1.54) is 24.5 Å². The molecule has 5 nitrogen and oxygen atoms in total. The molecule has 172 valence electrons. The van der Waals surface area contributed by atoms with Gasteiger partial charge in [-0.05, 0) is 36.6 Å². The molecule has 0 atom stereocenters. The second kappa shape index (κ2) is 9.97. The fraction of sp³-hybridized carbons (Fsp3) is 0.292. The summed E-state index contributed by atoms with van der Waals surface area (Å²) in [6, 6.07) is 10.4. The van der Waals surface area contributed by atoms with E-state index in [9.17, 15) is 18.4 Å². The molecule has 0 bridgehead atoms. The van der Waals surface area contributed by atoms with Crippen molar-refractivity contribution >= 4 is 40.4 Å². The Kier molecular flexibility index (Phi) is 7.05. The van der Waals surface area contributed by atoms with E-state index in [4.69, 9.17) is 11.6 Å². The molecule has 0 N–H and O–H groups in total. The lowest BCUT2D eigenvalue weighted by molar-refractivity contribution is -0.131. The number of carbonyl (C=O) groups is 2. The molecule has 0 aliphatic carbocycles. The maximum atomic E-state index is 14.0. The second-order valence-electron chi connectivity index (χ2n) is 7.95. The van der Waals surface area contributed by atoms with Gasteiger partial charge in [0, 0.05) is 42.5 Å². The number of likely N-dealkylation sites (tertiary alicyclic amines) is 1. The summed E-state index contributed by atoms with van der Waals surface area (Å²) in [5.41, 5.74) is 1.02. The van der Waals surface area contributed by atoms with Crippen LogP contribution in [0.2, 0.25) is 5.02 Å². The lowest BCUT2D eigenvalue weighted by Gasteiger charge is -2.31. The second-order valence-corrected chi connectivity index (χ2v) is 9.25. The highest BCUT2D eigenvalue weighted by Gasteiger charge is 2.27. The third kappa shape index (κ3) is 5.23. The molecule has 0 unspecified atom stereocenters. The third-order valence-corrected chi connectivity index (χ3v) is 7.19. The average molecular weight is 490 g/mol. The maximum Gasteiger partial charge on any atom is 0.277 e. The van der Waals surface area contributed by atoms with Gasteiger partial charge in [-0.1, -0.05) is 29.8 Å². The molecule has 3 aromatic rings. The SMILES string of the molecule is CN(C(=O)c1csc(C2CCN(C(=O)Cc3ccccc3Cl)CC2)n1)c1ccc(F)cc1F. The first-order valence-corrected chi connectivity index (χ1v) is 11.8. The first-order chi connectivity index (χ1) is 15.8. The Morgan fingerprint density at radius 3 is 2.61 bits per heavy atom. The number of hydrogen-bond acceptors (Lipinski definition) is 4. The number of hydrogen-bond donors (Lipinski definition) is 0. The summed E-state index contributed by atoms with van der Waals surface area (Å²) in [6.07, 6.45) is 1.77. The van der Waals surface area contributed by atoms with E-state index < -0.39 is 17.5 Å². The number of thiazole rings is 1. The fourth-order valence-electron chi connectivity index (χ4n) is 3.90. The molecule has 0 radical (unpaired) electrons. The minimum Gasteiger partial charge on any atom is -0.342 e. The number of benzene rings is 2. The van der Waals surface area contributed by atoms with Gasteiger partial charge in [-0.25, -0.2) is 13.8 Å². The van der Waals surface area contributed by atoms with Gasteiger partial charge in [0.25, 0.3) is 5.91 Å². The van der Waals surface area contributed by atoms with E-state index in [-0.39, 0.29) is 29.6 Å². The van der Waals surface area contributed by atoms with Gasteiger partial charge in [0.05, 0.1) is 17.1 Å². The Morgan fingerprint density at radius 1 is 1.18 bits per heavy atom. The largest absolute Gasteiger partial charge is 0.342 e. The van der Waals surface area contributed by atoms with Crippen molar-refractivity contribution in [2.75, 3.05) is 25.0 Å². The van der Waals surface area contributed by atoms with Crippen LogP contribution in [0.3, 0.4) is 0 Å². The Bertz CT molecular complexity index is 1180. The number of halogens is 3. The van der Waals surface area contributed by atoms with Gasteiger partial charge in [0.15, 0.2) is 0 Å². The van der Waals surface area contributed by atoms with Crippen LogP contribution in [0.1, 0.15) is 39.8 Å². The number of nitrogens with zero attached hydrogens (tertiary/aromatic N) is 3. The van der Waals surface area contributed by atoms with Crippen LogP contribution < -0.4 is 4.90 Å². The van der Waals surface area contributed by atoms with Gasteiger partial charge >= 0.3 is 0 Å². The third-order valence-electron chi connectivity index (χ3n) is 5.81. The van der Waals surface area contributed by atoms with Gasteiger partial charge in [-0.2, -0.15) is 0 Å². The molecule has 1 aliphatic rings. The molecular formula is C24H22ClF2N3O2S. The summed E-state index contributed by atoms with van der Waals surface area (Å²) in [5, 5.41) is 3.07. The quantitative estimate of drug-likeness (QED) is 0.488. The Hall–Kier alpha value is -2.84. The molecule has 2 heterocycles. The van der Waals surface area contributed by atoms with Crippen molar-refractivity contribution in [2.45, 2.75) is 25.2 Å². The van der Waals surface area contributed by atoms with E-state index in [2.05, 4.69) is 4.98 Å². The molecule has 0 spiro atoms. The zero-order chi connectivity index (χ0) is 23.5. The Labute approximate surface area is 199 Å². The Balaban J connectivity index is 1.36. The van der Waals surface area contributed by atoms with Crippen molar-refractivity contribution in [3.8, 4) is 0 Å². The van der Waals surface area contributed by atoms with Gasteiger partial charge in [-0.15, -0.1) is 11.3 Å². The minimum absolute atomic E-state index is 0.0127. The van der Waals surface area contributed by atoms with Gasteiger partial charge in [-0.3, -0.25) is 9.59 Å². The minimum atomic E-state index is -0.810. The summed E-state index contributed by atoms with van der Waals surface area (Å²) < 4.78 is 27.2. The average Bonchev–Trinajstić information content (AvgIpc) is 3.30. The highest BCUT2D eigenvalue weighted by molar-refractivity contribution is 7.10. The smallest absolute Gasteiger partial charge is 0.277 e. The van der Waals surface area contributed by atoms with Gasteiger partial charge in [0.1, 0.15) is 17.3 Å². The standard InChI is InChI=1S/C24H22ClF2N3O2S/c1-29(21-7-6-17(26)13-19(21)27)24(32)20-14-33-23(28-20)15-8-10-30(11-9-15)22(31)12-16-4-2-3-5-18(16)25/h2-7,13-15H,8-12H2,1H3. The number of rotatable bonds is 5. The highest BCUT2D eigenvalue weighted by Crippen LogP contribution is 2.31. The highest BCUT2D eigenvalue weighted by atomic mass is 35.5. The van der Waals surface area contributed by atoms with Gasteiger partial charge in [0.2, 0.25) is 5.91 Å². The van der Waals surface area contributed by atoms with Crippen LogP contribution in [-0.4, -0.2) is 41.8 Å². The molecule has 2 aromatic carbocycles. The molecule has 1 fully saturated rings.